The molecule has 0 spiro atoms. The molecular weight excluding hydrogens is 481 g/mol. The van der Waals surface area contributed by atoms with Crippen molar-refractivity contribution in [1.29, 1.82) is 0 Å². The molecular formula is C18H18BrF3O6S. The van der Waals surface area contributed by atoms with Crippen LogP contribution in [0, 0.1) is 6.92 Å². The molecule has 160 valence electrons. The Balaban J connectivity index is 2.88. The van der Waals surface area contributed by atoms with Crippen LogP contribution in [0.25, 0.3) is 10.8 Å². The highest BCUT2D eigenvalue weighted by atomic mass is 79.9. The molecule has 0 bridgehead atoms. The molecule has 1 atom stereocenters. The molecule has 1 unspecified atom stereocenters. The van der Waals surface area contributed by atoms with Crippen LogP contribution in [0.2, 0.25) is 0 Å². The maximum atomic E-state index is 13.0. The molecule has 0 saturated heterocycles. The number of aliphatic carboxylic acids is 1. The quantitative estimate of drug-likeness (QED) is 0.456. The highest BCUT2D eigenvalue weighted by molar-refractivity contribution is 9.10. The zero-order chi connectivity index (χ0) is 22.4. The molecule has 0 aliphatic rings. The summed E-state index contributed by atoms with van der Waals surface area (Å²) in [7, 11) is -6.05. The lowest BCUT2D eigenvalue weighted by atomic mass is 9.96. The van der Waals surface area contributed by atoms with Crippen LogP contribution < -0.4 is 4.18 Å². The lowest BCUT2D eigenvalue weighted by Crippen LogP contribution is -2.31. The number of aryl methyl sites for hydroxylation is 1. The van der Waals surface area contributed by atoms with Gasteiger partial charge in [-0.25, -0.2) is 4.79 Å². The van der Waals surface area contributed by atoms with Crippen molar-refractivity contribution in [3.05, 3.63) is 39.9 Å². The van der Waals surface area contributed by atoms with Gasteiger partial charge in [-0.15, -0.1) is 0 Å². The number of halogens is 4. The third kappa shape index (κ3) is 5.20. The lowest BCUT2D eigenvalue weighted by molar-refractivity contribution is -0.160. The van der Waals surface area contributed by atoms with Crippen LogP contribution in [0.15, 0.2) is 28.7 Å². The van der Waals surface area contributed by atoms with E-state index in [1.54, 1.807) is 26.8 Å². The van der Waals surface area contributed by atoms with Gasteiger partial charge in [-0.3, -0.25) is 0 Å². The van der Waals surface area contributed by atoms with Crippen LogP contribution in [0.5, 0.6) is 5.75 Å². The van der Waals surface area contributed by atoms with Crippen LogP contribution in [0.1, 0.15) is 38.0 Å². The maximum Gasteiger partial charge on any atom is 0.534 e. The summed E-state index contributed by atoms with van der Waals surface area (Å²) in [5.74, 6) is -2.24. The SMILES string of the molecule is Cc1cc2cc(Br)ccc2c(OS(=O)(=O)C(F)(F)F)c1C(OC(C)(C)C)C(=O)O. The molecule has 0 aromatic heterocycles. The van der Waals surface area contributed by atoms with Crippen molar-refractivity contribution in [2.45, 2.75) is 44.9 Å². The Morgan fingerprint density at radius 2 is 1.76 bits per heavy atom. The normalized spacial score (nSPS) is 14.1. The minimum Gasteiger partial charge on any atom is -0.479 e. The Morgan fingerprint density at radius 1 is 1.17 bits per heavy atom. The van der Waals surface area contributed by atoms with E-state index in [0.717, 1.165) is 0 Å². The summed E-state index contributed by atoms with van der Waals surface area (Å²) in [6, 6.07) is 5.86. The molecule has 0 heterocycles. The van der Waals surface area contributed by atoms with Crippen molar-refractivity contribution in [2.24, 2.45) is 0 Å². The van der Waals surface area contributed by atoms with Crippen LogP contribution in [-0.4, -0.2) is 30.6 Å². The molecule has 0 amide bonds. The molecule has 29 heavy (non-hydrogen) atoms. The monoisotopic (exact) mass is 498 g/mol. The standard InChI is InChI=1S/C18H18BrF3O6S/c1-9-7-10-8-11(19)5-6-12(10)14(28-29(25,26)18(20,21)22)13(9)15(16(23)24)27-17(2,3)4/h5-8,15H,1-4H3,(H,23,24). The van der Waals surface area contributed by atoms with E-state index < -0.39 is 39.1 Å². The number of benzene rings is 2. The highest BCUT2D eigenvalue weighted by Gasteiger charge is 2.49. The second kappa shape index (κ2) is 7.77. The van der Waals surface area contributed by atoms with E-state index >= 15 is 0 Å². The lowest BCUT2D eigenvalue weighted by Gasteiger charge is -2.28. The first-order chi connectivity index (χ1) is 13.0. The minimum absolute atomic E-state index is 0.00890. The van der Waals surface area contributed by atoms with Gasteiger partial charge in [-0.05, 0) is 56.8 Å². The van der Waals surface area contributed by atoms with Crippen molar-refractivity contribution < 1.29 is 40.4 Å². The maximum absolute atomic E-state index is 13.0. The molecule has 0 radical (unpaired) electrons. The van der Waals surface area contributed by atoms with Crippen molar-refractivity contribution >= 4 is 42.8 Å². The first kappa shape index (κ1) is 23.4. The molecule has 2 rings (SSSR count). The van der Waals surface area contributed by atoms with E-state index in [1.165, 1.54) is 25.1 Å². The zero-order valence-electron chi connectivity index (χ0n) is 15.8. The highest BCUT2D eigenvalue weighted by Crippen LogP contribution is 2.42. The smallest absolute Gasteiger partial charge is 0.479 e. The number of fused-ring (bicyclic) bond motifs is 1. The van der Waals surface area contributed by atoms with Gasteiger partial charge in [0.1, 0.15) is 0 Å². The summed E-state index contributed by atoms with van der Waals surface area (Å²) >= 11 is 3.23. The summed E-state index contributed by atoms with van der Waals surface area (Å²) < 4.78 is 73.0. The van der Waals surface area contributed by atoms with Gasteiger partial charge in [-0.1, -0.05) is 22.0 Å². The fourth-order valence-corrected chi connectivity index (χ4v) is 3.53. The van der Waals surface area contributed by atoms with Gasteiger partial charge in [0, 0.05) is 15.4 Å². The average Bonchev–Trinajstić information content (AvgIpc) is 2.50. The number of carbonyl (C=O) groups is 1. The largest absolute Gasteiger partial charge is 0.534 e. The predicted molar refractivity (Wildman–Crippen MR) is 103 cm³/mol. The number of carboxylic acids is 1. The number of hydrogen-bond acceptors (Lipinski definition) is 5. The number of ether oxygens (including phenoxy) is 1. The van der Waals surface area contributed by atoms with E-state index in [4.69, 9.17) is 4.74 Å². The molecule has 0 aliphatic heterocycles. The number of hydrogen-bond donors (Lipinski definition) is 1. The van der Waals surface area contributed by atoms with Crippen molar-refractivity contribution in [3.63, 3.8) is 0 Å². The van der Waals surface area contributed by atoms with Gasteiger partial charge in [-0.2, -0.15) is 21.6 Å². The first-order valence-corrected chi connectivity index (χ1v) is 10.4. The number of alkyl halides is 3. The Morgan fingerprint density at radius 3 is 2.24 bits per heavy atom. The van der Waals surface area contributed by atoms with Gasteiger partial charge in [0.2, 0.25) is 0 Å². The molecule has 2 aromatic carbocycles. The van der Waals surface area contributed by atoms with Gasteiger partial charge in [0.15, 0.2) is 11.9 Å². The first-order valence-electron chi connectivity index (χ1n) is 8.17. The van der Waals surface area contributed by atoms with Gasteiger partial charge >= 0.3 is 21.6 Å². The Kier molecular flexibility index (Phi) is 6.27. The average molecular weight is 499 g/mol. The summed E-state index contributed by atoms with van der Waals surface area (Å²) in [5, 5.41) is 10.00. The zero-order valence-corrected chi connectivity index (χ0v) is 18.2. The van der Waals surface area contributed by atoms with E-state index in [2.05, 4.69) is 20.1 Å². The molecule has 0 saturated carbocycles. The van der Waals surface area contributed by atoms with Crippen LogP contribution in [0.3, 0.4) is 0 Å². The second-order valence-electron chi connectivity index (χ2n) is 7.23. The summed E-state index contributed by atoms with van der Waals surface area (Å²) in [5.41, 5.74) is -6.81. The fraction of sp³-hybridized carbons (Fsp3) is 0.389. The molecule has 0 fully saturated rings. The second-order valence-corrected chi connectivity index (χ2v) is 9.69. The molecule has 2 aromatic rings. The van der Waals surface area contributed by atoms with Crippen molar-refractivity contribution in [3.8, 4) is 5.75 Å². The predicted octanol–water partition coefficient (Wildman–Crippen LogP) is 5.08. The van der Waals surface area contributed by atoms with Gasteiger partial charge in [0.25, 0.3) is 0 Å². The minimum atomic E-state index is -6.05. The van der Waals surface area contributed by atoms with Crippen molar-refractivity contribution in [1.82, 2.24) is 0 Å². The van der Waals surface area contributed by atoms with E-state index in [0.29, 0.717) is 9.86 Å². The van der Waals surface area contributed by atoms with Gasteiger partial charge in [0.05, 0.1) is 5.60 Å². The third-order valence-electron chi connectivity index (χ3n) is 3.73. The third-order valence-corrected chi connectivity index (χ3v) is 5.18. The van der Waals surface area contributed by atoms with E-state index in [1.807, 2.05) is 0 Å². The summed E-state index contributed by atoms with van der Waals surface area (Å²) in [6.45, 7) is 6.11. The Bertz CT molecular complexity index is 1060. The van der Waals surface area contributed by atoms with E-state index in [9.17, 15) is 31.5 Å². The van der Waals surface area contributed by atoms with Gasteiger partial charge < -0.3 is 14.0 Å². The summed E-state index contributed by atoms with van der Waals surface area (Å²) in [6.07, 6.45) is -1.76. The fourth-order valence-electron chi connectivity index (χ4n) is 2.65. The van der Waals surface area contributed by atoms with Crippen molar-refractivity contribution in [2.75, 3.05) is 0 Å². The Hall–Kier alpha value is -1.85. The summed E-state index contributed by atoms with van der Waals surface area (Å²) in [4.78, 5) is 11.9. The van der Waals surface area contributed by atoms with Crippen LogP contribution >= 0.6 is 15.9 Å². The van der Waals surface area contributed by atoms with E-state index in [-0.39, 0.29) is 16.5 Å². The number of carboxylic acid groups (broad SMARTS) is 1. The molecule has 11 heteroatoms. The topological polar surface area (TPSA) is 89.9 Å². The molecule has 6 nitrogen and oxygen atoms in total. The number of rotatable bonds is 5. The molecule has 0 aliphatic carbocycles. The Labute approximate surface area is 173 Å². The van der Waals surface area contributed by atoms with Crippen LogP contribution in [0.4, 0.5) is 13.2 Å². The molecule has 1 N–H and O–H groups in total. The van der Waals surface area contributed by atoms with Crippen LogP contribution in [-0.2, 0) is 19.6 Å².